The predicted octanol–water partition coefficient (Wildman–Crippen LogP) is -0.590. The number of methoxy groups -OCH3 is 1. The Morgan fingerprint density at radius 2 is 1.87 bits per heavy atom. The third-order valence-corrected chi connectivity index (χ3v) is 2.02. The van der Waals surface area contributed by atoms with E-state index in [1.165, 1.54) is 5.39 Å². The Labute approximate surface area is 117 Å². The van der Waals surface area contributed by atoms with Gasteiger partial charge in [-0.25, -0.2) is 0 Å². The van der Waals surface area contributed by atoms with Crippen LogP contribution in [0.4, 0.5) is 0 Å². The molecular weight excluding hydrogens is 264 g/mol. The molecule has 15 heavy (non-hydrogen) atoms. The first-order chi connectivity index (χ1) is 6.40. The summed E-state index contributed by atoms with van der Waals surface area (Å²) in [5, 5.41) is 2.37. The molecule has 2 rings (SSSR count). The van der Waals surface area contributed by atoms with E-state index in [0.717, 1.165) is 10.9 Å². The largest absolute Gasteiger partial charge is 2.00 e. The van der Waals surface area contributed by atoms with Crippen molar-refractivity contribution in [3.8, 4) is 0 Å². The SMILES string of the molecule is COCc1[c-]c2ccccc2cc1.[Br-].[Mg+2]. The van der Waals surface area contributed by atoms with Crippen molar-refractivity contribution in [3.63, 3.8) is 0 Å². The van der Waals surface area contributed by atoms with Crippen LogP contribution in [0.5, 0.6) is 0 Å². The minimum absolute atomic E-state index is 0. The molecule has 0 unspecified atom stereocenters. The first-order valence-corrected chi connectivity index (χ1v) is 4.29. The number of fused-ring (bicyclic) bond motifs is 1. The predicted molar refractivity (Wildman–Crippen MR) is 59.3 cm³/mol. The van der Waals surface area contributed by atoms with Crippen molar-refractivity contribution in [1.82, 2.24) is 0 Å². The molecule has 0 saturated carbocycles. The fourth-order valence-electron chi connectivity index (χ4n) is 1.40. The third-order valence-electron chi connectivity index (χ3n) is 2.02. The van der Waals surface area contributed by atoms with Crippen LogP contribution in [0, 0.1) is 6.07 Å². The van der Waals surface area contributed by atoms with Crippen LogP contribution in [-0.2, 0) is 11.3 Å². The van der Waals surface area contributed by atoms with Crippen molar-refractivity contribution >= 4 is 33.8 Å². The smallest absolute Gasteiger partial charge is 1.00 e. The van der Waals surface area contributed by atoms with Gasteiger partial charge in [0.15, 0.2) is 0 Å². The van der Waals surface area contributed by atoms with Crippen LogP contribution in [0.15, 0.2) is 36.4 Å². The molecule has 2 aromatic carbocycles. The van der Waals surface area contributed by atoms with Gasteiger partial charge >= 0.3 is 23.1 Å². The van der Waals surface area contributed by atoms with Crippen LogP contribution in [0.1, 0.15) is 5.56 Å². The Bertz CT molecular complexity index is 417. The molecule has 0 fully saturated rings. The van der Waals surface area contributed by atoms with Gasteiger partial charge < -0.3 is 21.7 Å². The van der Waals surface area contributed by atoms with Gasteiger partial charge in [0, 0.05) is 7.11 Å². The van der Waals surface area contributed by atoms with E-state index in [9.17, 15) is 0 Å². The first-order valence-electron chi connectivity index (χ1n) is 4.29. The molecule has 0 amide bonds. The maximum atomic E-state index is 5.05. The number of hydrogen-bond acceptors (Lipinski definition) is 1. The van der Waals surface area contributed by atoms with Gasteiger partial charge in [0.2, 0.25) is 0 Å². The maximum Gasteiger partial charge on any atom is 2.00 e. The Balaban J connectivity index is 0.000000980. The summed E-state index contributed by atoms with van der Waals surface area (Å²) >= 11 is 0. The zero-order valence-electron chi connectivity index (χ0n) is 8.66. The molecule has 0 saturated heterocycles. The summed E-state index contributed by atoms with van der Waals surface area (Å²) in [6, 6.07) is 15.7. The van der Waals surface area contributed by atoms with Crippen molar-refractivity contribution in [1.29, 1.82) is 0 Å². The molecular formula is C12H11BrMgO. The monoisotopic (exact) mass is 274 g/mol. The quantitative estimate of drug-likeness (QED) is 0.526. The van der Waals surface area contributed by atoms with Gasteiger partial charge in [0.25, 0.3) is 0 Å². The summed E-state index contributed by atoms with van der Waals surface area (Å²) in [6.45, 7) is 0.630. The van der Waals surface area contributed by atoms with Crippen molar-refractivity contribution in [2.45, 2.75) is 6.61 Å². The van der Waals surface area contributed by atoms with Crippen LogP contribution in [0.3, 0.4) is 0 Å². The molecule has 0 aliphatic rings. The zero-order valence-corrected chi connectivity index (χ0v) is 11.7. The molecule has 0 N–H and O–H groups in total. The Morgan fingerprint density at radius 1 is 1.13 bits per heavy atom. The van der Waals surface area contributed by atoms with E-state index in [2.05, 4.69) is 24.3 Å². The summed E-state index contributed by atoms with van der Waals surface area (Å²) < 4.78 is 5.05. The second-order valence-corrected chi connectivity index (χ2v) is 3.00. The average Bonchev–Trinajstić information content (AvgIpc) is 2.18. The fraction of sp³-hybridized carbons (Fsp3) is 0.167. The Hall–Kier alpha value is -0.0938. The molecule has 74 valence electrons. The van der Waals surface area contributed by atoms with Gasteiger partial charge in [-0.2, -0.15) is 0 Å². The molecule has 0 radical (unpaired) electrons. The molecule has 0 spiro atoms. The van der Waals surface area contributed by atoms with E-state index in [0.29, 0.717) is 6.61 Å². The van der Waals surface area contributed by atoms with Gasteiger partial charge in [-0.05, 0) is 0 Å². The average molecular weight is 275 g/mol. The van der Waals surface area contributed by atoms with Crippen molar-refractivity contribution in [3.05, 3.63) is 48.0 Å². The molecule has 0 aliphatic carbocycles. The van der Waals surface area contributed by atoms with E-state index in [-0.39, 0.29) is 40.0 Å². The molecule has 0 atom stereocenters. The summed E-state index contributed by atoms with van der Waals surface area (Å²) in [7, 11) is 1.70. The zero-order chi connectivity index (χ0) is 9.10. The van der Waals surface area contributed by atoms with Gasteiger partial charge in [-0.1, -0.05) is 12.1 Å². The summed E-state index contributed by atoms with van der Waals surface area (Å²) in [5.74, 6) is 0. The molecule has 0 heterocycles. The molecule has 0 bridgehead atoms. The number of halogens is 1. The van der Waals surface area contributed by atoms with Crippen molar-refractivity contribution in [2.24, 2.45) is 0 Å². The number of ether oxygens (including phenoxy) is 1. The number of hydrogen-bond donors (Lipinski definition) is 0. The molecule has 1 nitrogen and oxygen atoms in total. The standard InChI is InChI=1S/C12H11O.BrH.Mg/c1-13-9-10-6-7-11-4-2-3-5-12(11)8-10;;/h2-7H,9H2,1H3;1H;/q-1;;+2/p-1. The normalized spacial score (nSPS) is 9.13. The minimum Gasteiger partial charge on any atom is -1.00 e. The van der Waals surface area contributed by atoms with Gasteiger partial charge in [-0.15, -0.1) is 46.7 Å². The number of rotatable bonds is 2. The second kappa shape index (κ2) is 7.22. The molecule has 3 heteroatoms. The third kappa shape index (κ3) is 3.76. The van der Waals surface area contributed by atoms with Crippen LogP contribution in [0.2, 0.25) is 0 Å². The van der Waals surface area contributed by atoms with Crippen LogP contribution >= 0.6 is 0 Å². The molecule has 0 aromatic heterocycles. The van der Waals surface area contributed by atoms with E-state index in [1.54, 1.807) is 7.11 Å². The Morgan fingerprint density at radius 3 is 2.60 bits per heavy atom. The van der Waals surface area contributed by atoms with Crippen LogP contribution in [-0.4, -0.2) is 30.2 Å². The first kappa shape index (κ1) is 14.9. The van der Waals surface area contributed by atoms with Crippen LogP contribution < -0.4 is 17.0 Å². The van der Waals surface area contributed by atoms with Gasteiger partial charge in [0.05, 0.1) is 6.61 Å². The molecule has 2 aromatic rings. The summed E-state index contributed by atoms with van der Waals surface area (Å²) in [5.41, 5.74) is 1.10. The fourth-order valence-corrected chi connectivity index (χ4v) is 1.40. The summed E-state index contributed by atoms with van der Waals surface area (Å²) in [6.07, 6.45) is 0. The summed E-state index contributed by atoms with van der Waals surface area (Å²) in [4.78, 5) is 0. The minimum atomic E-state index is 0. The van der Waals surface area contributed by atoms with E-state index >= 15 is 0 Å². The van der Waals surface area contributed by atoms with Crippen molar-refractivity contribution < 1.29 is 21.7 Å². The Kier molecular flexibility index (Phi) is 7.18. The number of benzene rings is 2. The van der Waals surface area contributed by atoms with E-state index < -0.39 is 0 Å². The van der Waals surface area contributed by atoms with Gasteiger partial charge in [0.1, 0.15) is 0 Å². The maximum absolute atomic E-state index is 5.05. The molecule has 0 aliphatic heterocycles. The van der Waals surface area contributed by atoms with E-state index in [1.807, 2.05) is 18.2 Å². The second-order valence-electron chi connectivity index (χ2n) is 3.00. The topological polar surface area (TPSA) is 9.23 Å². The van der Waals surface area contributed by atoms with Crippen molar-refractivity contribution in [2.75, 3.05) is 7.11 Å². The van der Waals surface area contributed by atoms with E-state index in [4.69, 9.17) is 4.74 Å². The van der Waals surface area contributed by atoms with Crippen LogP contribution in [0.25, 0.3) is 10.8 Å². The van der Waals surface area contributed by atoms with Gasteiger partial charge in [-0.3, -0.25) is 0 Å².